The summed E-state index contributed by atoms with van der Waals surface area (Å²) in [4.78, 5) is 34.8. The molecule has 2 aliphatic rings. The van der Waals surface area contributed by atoms with E-state index in [0.717, 1.165) is 0 Å². The first kappa shape index (κ1) is 14.7. The fourth-order valence-electron chi connectivity index (χ4n) is 2.89. The van der Waals surface area contributed by atoms with Gasteiger partial charge >= 0.3 is 5.97 Å². The van der Waals surface area contributed by atoms with E-state index in [-0.39, 0.29) is 17.5 Å². The summed E-state index contributed by atoms with van der Waals surface area (Å²) in [5.41, 5.74) is 1.00. The Morgan fingerprint density at radius 1 is 1.45 bits per heavy atom. The first-order chi connectivity index (χ1) is 9.32. The number of carbonyl (C=O) groups excluding carboxylic acids is 3. The van der Waals surface area contributed by atoms with E-state index in [1.807, 2.05) is 0 Å². The van der Waals surface area contributed by atoms with Gasteiger partial charge in [0.25, 0.3) is 0 Å². The van der Waals surface area contributed by atoms with Crippen LogP contribution in [0.15, 0.2) is 23.8 Å². The number of rotatable bonds is 4. The third kappa shape index (κ3) is 2.45. The number of Topliss-reactive ketones (excluding diaryl/α,β-unsaturated/α-hetero) is 2. The van der Waals surface area contributed by atoms with Gasteiger partial charge in [0, 0.05) is 17.9 Å². The topological polar surface area (TPSA) is 80.7 Å². The Hall–Kier alpha value is -1.75. The van der Waals surface area contributed by atoms with Crippen LogP contribution in [0.1, 0.15) is 26.7 Å². The predicted octanol–water partition coefficient (Wildman–Crippen LogP) is 0.959. The first-order valence-corrected chi connectivity index (χ1v) is 6.62. The summed E-state index contributed by atoms with van der Waals surface area (Å²) in [5.74, 6) is -1.85. The minimum absolute atomic E-state index is 0.0148. The molecule has 0 aromatic carbocycles. The van der Waals surface area contributed by atoms with E-state index in [4.69, 9.17) is 4.74 Å². The highest BCUT2D eigenvalue weighted by atomic mass is 16.6. The zero-order chi connectivity index (χ0) is 15.0. The van der Waals surface area contributed by atoms with Gasteiger partial charge in [0.1, 0.15) is 18.0 Å². The maximum atomic E-state index is 12.0. The van der Waals surface area contributed by atoms with Crippen LogP contribution in [-0.4, -0.2) is 34.9 Å². The lowest BCUT2D eigenvalue weighted by molar-refractivity contribution is -0.143. The van der Waals surface area contributed by atoms with Gasteiger partial charge in [-0.2, -0.15) is 0 Å². The zero-order valence-electron chi connectivity index (χ0n) is 11.6. The molecule has 0 radical (unpaired) electrons. The molecule has 1 aliphatic heterocycles. The molecule has 20 heavy (non-hydrogen) atoms. The fourth-order valence-corrected chi connectivity index (χ4v) is 2.89. The van der Waals surface area contributed by atoms with Gasteiger partial charge in [-0.1, -0.05) is 12.2 Å². The second-order valence-electron chi connectivity index (χ2n) is 5.48. The van der Waals surface area contributed by atoms with Gasteiger partial charge in [-0.3, -0.25) is 4.79 Å². The summed E-state index contributed by atoms with van der Waals surface area (Å²) in [5, 5.41) is 9.59. The number of cyclic esters (lactones) is 1. The van der Waals surface area contributed by atoms with Crippen molar-refractivity contribution in [3.63, 3.8) is 0 Å². The van der Waals surface area contributed by atoms with E-state index in [0.29, 0.717) is 24.0 Å². The smallest absolute Gasteiger partial charge is 0.334 e. The van der Waals surface area contributed by atoms with E-state index in [1.165, 1.54) is 13.0 Å². The number of esters is 1. The number of hydrogen-bond donors (Lipinski definition) is 1. The Balaban J connectivity index is 2.22. The van der Waals surface area contributed by atoms with E-state index in [9.17, 15) is 19.5 Å². The molecule has 0 spiro atoms. The van der Waals surface area contributed by atoms with Crippen LogP contribution in [-0.2, 0) is 19.1 Å². The predicted molar refractivity (Wildman–Crippen MR) is 70.7 cm³/mol. The highest BCUT2D eigenvalue weighted by Crippen LogP contribution is 2.40. The molecule has 4 atom stereocenters. The molecule has 1 unspecified atom stereocenters. The molecular formula is C15H18O5. The quantitative estimate of drug-likeness (QED) is 0.470. The fraction of sp³-hybridized carbons (Fsp3) is 0.533. The van der Waals surface area contributed by atoms with Gasteiger partial charge in [0.15, 0.2) is 5.78 Å². The Morgan fingerprint density at radius 2 is 2.10 bits per heavy atom. The van der Waals surface area contributed by atoms with E-state index in [1.54, 1.807) is 6.92 Å². The molecule has 1 aliphatic carbocycles. The highest BCUT2D eigenvalue weighted by molar-refractivity contribution is 5.96. The van der Waals surface area contributed by atoms with Gasteiger partial charge in [-0.05, 0) is 26.3 Å². The van der Waals surface area contributed by atoms with Gasteiger partial charge in [0.05, 0.1) is 5.92 Å². The molecule has 0 amide bonds. The molecule has 108 valence electrons. The molecule has 0 aromatic rings. The standard InChI is InChI=1S/C15H18O5/c1-7-6-11(17)13(18)12(7)14-10(5-4-8(2)16)9(3)15(19)20-14/h6,10-12,14,17H,3-5H2,1-2H3/t10-,11-,12-,14?/m1/s1. The van der Waals surface area contributed by atoms with Crippen molar-refractivity contribution in [2.45, 2.75) is 38.9 Å². The van der Waals surface area contributed by atoms with Crippen LogP contribution < -0.4 is 0 Å². The summed E-state index contributed by atoms with van der Waals surface area (Å²) < 4.78 is 5.27. The Kier molecular flexibility index (Phi) is 3.90. The third-order valence-electron chi connectivity index (χ3n) is 3.99. The Bertz CT molecular complexity index is 516. The van der Waals surface area contributed by atoms with Crippen LogP contribution >= 0.6 is 0 Å². The van der Waals surface area contributed by atoms with Crippen LogP contribution in [0.3, 0.4) is 0 Å². The average molecular weight is 278 g/mol. The SMILES string of the molecule is C=C1C(=O)OC([C@H]2C(=O)[C@H](O)C=C2C)[C@@H]1CCC(C)=O. The van der Waals surface area contributed by atoms with Crippen molar-refractivity contribution in [3.8, 4) is 0 Å². The van der Waals surface area contributed by atoms with Crippen molar-refractivity contribution in [1.82, 2.24) is 0 Å². The lowest BCUT2D eigenvalue weighted by Gasteiger charge is -2.23. The van der Waals surface area contributed by atoms with Crippen molar-refractivity contribution in [1.29, 1.82) is 0 Å². The minimum Gasteiger partial charge on any atom is -0.457 e. The summed E-state index contributed by atoms with van der Waals surface area (Å²) in [6.07, 6.45) is 0.418. The molecule has 1 fully saturated rings. The molecule has 0 saturated carbocycles. The summed E-state index contributed by atoms with van der Waals surface area (Å²) in [6.45, 7) is 6.92. The second-order valence-corrected chi connectivity index (χ2v) is 5.48. The van der Waals surface area contributed by atoms with Crippen molar-refractivity contribution in [2.24, 2.45) is 11.8 Å². The van der Waals surface area contributed by atoms with E-state index in [2.05, 4.69) is 6.58 Å². The third-order valence-corrected chi connectivity index (χ3v) is 3.99. The van der Waals surface area contributed by atoms with Crippen LogP contribution in [0.2, 0.25) is 0 Å². The van der Waals surface area contributed by atoms with Crippen LogP contribution in [0.5, 0.6) is 0 Å². The number of ketones is 2. The number of carbonyl (C=O) groups is 3. The number of aliphatic hydroxyl groups is 1. The maximum Gasteiger partial charge on any atom is 0.334 e. The molecule has 5 nitrogen and oxygen atoms in total. The van der Waals surface area contributed by atoms with Gasteiger partial charge in [-0.25, -0.2) is 4.79 Å². The van der Waals surface area contributed by atoms with E-state index >= 15 is 0 Å². The molecule has 1 saturated heterocycles. The van der Waals surface area contributed by atoms with E-state index < -0.39 is 24.1 Å². The number of ether oxygens (including phenoxy) is 1. The largest absolute Gasteiger partial charge is 0.457 e. The number of hydrogen-bond acceptors (Lipinski definition) is 5. The molecule has 0 bridgehead atoms. The normalized spacial score (nSPS) is 33.4. The molecule has 1 N–H and O–H groups in total. The summed E-state index contributed by atoms with van der Waals surface area (Å²) >= 11 is 0. The van der Waals surface area contributed by atoms with Crippen molar-refractivity contribution < 1.29 is 24.2 Å². The molecule has 2 rings (SSSR count). The first-order valence-electron chi connectivity index (χ1n) is 6.62. The van der Waals surface area contributed by atoms with Gasteiger partial charge < -0.3 is 14.6 Å². The van der Waals surface area contributed by atoms with Crippen LogP contribution in [0.25, 0.3) is 0 Å². The molecule has 0 aromatic heterocycles. The summed E-state index contributed by atoms with van der Waals surface area (Å²) in [6, 6.07) is 0. The lowest BCUT2D eigenvalue weighted by atomic mass is 9.81. The average Bonchev–Trinajstić information content (AvgIpc) is 2.76. The lowest BCUT2D eigenvalue weighted by Crippen LogP contribution is -2.34. The van der Waals surface area contributed by atoms with Crippen molar-refractivity contribution in [2.75, 3.05) is 0 Å². The molecule has 5 heteroatoms. The highest BCUT2D eigenvalue weighted by Gasteiger charge is 2.48. The Morgan fingerprint density at radius 3 is 2.60 bits per heavy atom. The molecular weight excluding hydrogens is 260 g/mol. The van der Waals surface area contributed by atoms with Crippen molar-refractivity contribution in [3.05, 3.63) is 23.8 Å². The Labute approximate surface area is 117 Å². The molecule has 1 heterocycles. The van der Waals surface area contributed by atoms with Gasteiger partial charge in [-0.15, -0.1) is 0 Å². The second kappa shape index (κ2) is 5.32. The minimum atomic E-state index is -1.14. The summed E-state index contributed by atoms with van der Waals surface area (Å²) in [7, 11) is 0. The monoisotopic (exact) mass is 278 g/mol. The van der Waals surface area contributed by atoms with Gasteiger partial charge in [0.2, 0.25) is 0 Å². The maximum absolute atomic E-state index is 12.0. The van der Waals surface area contributed by atoms with Crippen LogP contribution in [0, 0.1) is 11.8 Å². The zero-order valence-corrected chi connectivity index (χ0v) is 11.6. The number of aliphatic hydroxyl groups excluding tert-OH is 1. The van der Waals surface area contributed by atoms with Crippen molar-refractivity contribution >= 4 is 17.5 Å². The van der Waals surface area contributed by atoms with Crippen LogP contribution in [0.4, 0.5) is 0 Å².